The van der Waals surface area contributed by atoms with Gasteiger partial charge < -0.3 is 24.2 Å². The van der Waals surface area contributed by atoms with E-state index in [2.05, 4.69) is 0 Å². The third-order valence-corrected chi connectivity index (χ3v) is 12.1. The zero-order valence-electron chi connectivity index (χ0n) is 26.5. The lowest BCUT2D eigenvalue weighted by molar-refractivity contribution is -0.391. The average molecular weight is 724 g/mol. The minimum atomic E-state index is -5.95. The molecule has 3 heterocycles. The van der Waals surface area contributed by atoms with Gasteiger partial charge in [0.2, 0.25) is 5.91 Å². The van der Waals surface area contributed by atoms with Crippen LogP contribution in [0.25, 0.3) is 0 Å². The van der Waals surface area contributed by atoms with Gasteiger partial charge in [0.15, 0.2) is 9.84 Å². The Morgan fingerprint density at radius 3 is 1.92 bits per heavy atom. The topological polar surface area (TPSA) is 96.5 Å². The summed E-state index contributed by atoms with van der Waals surface area (Å²) in [6, 6.07) is 6.20. The summed E-state index contributed by atoms with van der Waals surface area (Å²) in [6.07, 6.45) is -11.7. The number of benzene rings is 2. The molecule has 3 aliphatic heterocycles. The minimum absolute atomic E-state index is 0.114. The van der Waals surface area contributed by atoms with E-state index < -0.39 is 69.0 Å². The Hall–Kier alpha value is -3.44. The molecule has 3 aliphatic rings. The van der Waals surface area contributed by atoms with Crippen LogP contribution in [0.3, 0.4) is 0 Å². The first-order chi connectivity index (χ1) is 22.9. The number of amides is 3. The third-order valence-electron chi connectivity index (χ3n) is 9.63. The number of hydrogen-bond donors (Lipinski definition) is 0. The fourth-order valence-electron chi connectivity index (χ4n) is 6.71. The normalized spacial score (nSPS) is 21.7. The van der Waals surface area contributed by atoms with Crippen molar-refractivity contribution < 1.29 is 58.2 Å². The predicted octanol–water partition coefficient (Wildman–Crippen LogP) is 5.25. The highest BCUT2D eigenvalue weighted by Gasteiger charge is 2.73. The van der Waals surface area contributed by atoms with Gasteiger partial charge in [-0.25, -0.2) is 17.6 Å². The van der Waals surface area contributed by atoms with E-state index in [4.69, 9.17) is 9.47 Å². The largest absolute Gasteiger partial charge is 0.430 e. The van der Waals surface area contributed by atoms with Crippen molar-refractivity contribution in [2.75, 3.05) is 59.1 Å². The van der Waals surface area contributed by atoms with Crippen molar-refractivity contribution in [2.24, 2.45) is 5.92 Å². The molecule has 1 unspecified atom stereocenters. The molecule has 2 aromatic rings. The number of carbonyl (C=O) groups excluding carboxylic acids is 2. The molecule has 49 heavy (non-hydrogen) atoms. The van der Waals surface area contributed by atoms with Crippen LogP contribution < -0.4 is 0 Å². The van der Waals surface area contributed by atoms with Crippen LogP contribution in [0.4, 0.5) is 35.5 Å². The maximum atomic E-state index is 14.5. The average Bonchev–Trinajstić information content (AvgIpc) is 3.52. The van der Waals surface area contributed by atoms with Gasteiger partial charge in [-0.15, -0.1) is 0 Å². The van der Waals surface area contributed by atoms with E-state index in [0.717, 1.165) is 36.4 Å². The van der Waals surface area contributed by atoms with Crippen molar-refractivity contribution in [1.29, 1.82) is 0 Å². The first-order valence-electron chi connectivity index (χ1n) is 15.7. The molecular formula is C32H36F7N3O6S. The summed E-state index contributed by atoms with van der Waals surface area (Å²) in [6.45, 7) is 1.16. The first kappa shape index (κ1) is 36.8. The Labute approximate surface area is 278 Å². The summed E-state index contributed by atoms with van der Waals surface area (Å²) >= 11 is 0. The zero-order chi connectivity index (χ0) is 35.8. The Morgan fingerprint density at radius 1 is 0.837 bits per heavy atom. The van der Waals surface area contributed by atoms with Crippen molar-refractivity contribution in [3.63, 3.8) is 0 Å². The molecule has 2 aromatic carbocycles. The van der Waals surface area contributed by atoms with Crippen molar-refractivity contribution >= 4 is 21.8 Å². The number of sulfone groups is 1. The lowest BCUT2D eigenvalue weighted by Gasteiger charge is -2.39. The monoisotopic (exact) mass is 723 g/mol. The molecule has 0 bridgehead atoms. The van der Waals surface area contributed by atoms with Gasteiger partial charge >= 0.3 is 18.4 Å². The van der Waals surface area contributed by atoms with Gasteiger partial charge in [-0.2, -0.15) is 26.3 Å². The minimum Gasteiger partial charge on any atom is -0.381 e. The molecule has 270 valence electrons. The van der Waals surface area contributed by atoms with Crippen LogP contribution in [0.5, 0.6) is 0 Å². The SMILES string of the molecule is CC(=O)N1CCN(C(=O)N2CCC(c3ccc(C(OCC4CCOCC4)(C(F)(F)F)C(F)(F)F)cc3)(S(=O)(=O)c3ccc(F)cc3)C2)CC1. The maximum Gasteiger partial charge on any atom is 0.430 e. The highest BCUT2D eigenvalue weighted by Crippen LogP contribution is 2.54. The number of piperazine rings is 1. The molecule has 3 amide bonds. The Balaban J connectivity index is 1.53. The van der Waals surface area contributed by atoms with E-state index in [1.165, 1.54) is 16.7 Å². The van der Waals surface area contributed by atoms with E-state index in [1.807, 2.05) is 0 Å². The standard InChI is InChI=1S/C32H36F7N3O6S/c1-22(43)40-14-16-41(17-15-40)28(44)42-13-12-29(21-42,49(45,46)27-8-6-26(33)7-9-27)24-2-4-25(5-3-24)30(31(34,35)36,32(37,38)39)48-20-23-10-18-47-19-11-23/h2-9,23H,10-21H2,1H3. The van der Waals surface area contributed by atoms with E-state index in [9.17, 15) is 48.7 Å². The van der Waals surface area contributed by atoms with Gasteiger partial charge in [0.25, 0.3) is 5.60 Å². The Morgan fingerprint density at radius 2 is 1.39 bits per heavy atom. The summed E-state index contributed by atoms with van der Waals surface area (Å²) < 4.78 is 138. The molecule has 1 atom stereocenters. The van der Waals surface area contributed by atoms with Gasteiger partial charge in [-0.3, -0.25) is 4.79 Å². The van der Waals surface area contributed by atoms with Crippen molar-refractivity contribution in [1.82, 2.24) is 14.7 Å². The van der Waals surface area contributed by atoms with Crippen LogP contribution in [0.2, 0.25) is 0 Å². The number of hydrogen-bond acceptors (Lipinski definition) is 6. The number of likely N-dealkylation sites (tertiary alicyclic amines) is 1. The number of rotatable bonds is 7. The van der Waals surface area contributed by atoms with Crippen LogP contribution in [0, 0.1) is 11.7 Å². The highest BCUT2D eigenvalue weighted by molar-refractivity contribution is 7.92. The molecule has 0 radical (unpaired) electrons. The maximum absolute atomic E-state index is 14.5. The molecule has 17 heteroatoms. The van der Waals surface area contributed by atoms with Crippen molar-refractivity contribution in [2.45, 2.75) is 53.8 Å². The van der Waals surface area contributed by atoms with E-state index >= 15 is 0 Å². The lowest BCUT2D eigenvalue weighted by atomic mass is 9.88. The lowest BCUT2D eigenvalue weighted by Crippen LogP contribution is -2.56. The fourth-order valence-corrected chi connectivity index (χ4v) is 8.78. The quantitative estimate of drug-likeness (QED) is 0.286. The molecule has 0 spiro atoms. The molecule has 0 N–H and O–H groups in total. The Bertz CT molecular complexity index is 1590. The highest BCUT2D eigenvalue weighted by atomic mass is 32.2. The summed E-state index contributed by atoms with van der Waals surface area (Å²) in [7, 11) is -4.54. The smallest absolute Gasteiger partial charge is 0.381 e. The summed E-state index contributed by atoms with van der Waals surface area (Å²) in [4.78, 5) is 29.2. The second kappa shape index (κ2) is 13.7. The van der Waals surface area contributed by atoms with Crippen LogP contribution >= 0.6 is 0 Å². The number of alkyl halides is 6. The zero-order valence-corrected chi connectivity index (χ0v) is 27.3. The summed E-state index contributed by atoms with van der Waals surface area (Å²) in [5.41, 5.74) is -6.15. The van der Waals surface area contributed by atoms with Gasteiger partial charge in [-0.1, -0.05) is 24.3 Å². The van der Waals surface area contributed by atoms with Gasteiger partial charge in [0.1, 0.15) is 10.6 Å². The molecule has 9 nitrogen and oxygen atoms in total. The van der Waals surface area contributed by atoms with Crippen LogP contribution in [0.15, 0.2) is 53.4 Å². The predicted molar refractivity (Wildman–Crippen MR) is 160 cm³/mol. The number of carbonyl (C=O) groups is 2. The molecule has 0 aliphatic carbocycles. The molecule has 3 fully saturated rings. The van der Waals surface area contributed by atoms with E-state index in [0.29, 0.717) is 12.1 Å². The Kier molecular flexibility index (Phi) is 10.3. The summed E-state index contributed by atoms with van der Waals surface area (Å²) in [5, 5.41) is 0. The number of urea groups is 1. The molecule has 3 saturated heterocycles. The van der Waals surface area contributed by atoms with Gasteiger partial charge in [0, 0.05) is 65.0 Å². The number of nitrogens with zero attached hydrogens (tertiary/aromatic N) is 3. The molecular weight excluding hydrogens is 687 g/mol. The van der Waals surface area contributed by atoms with Gasteiger partial charge in [0.05, 0.1) is 11.5 Å². The first-order valence-corrected chi connectivity index (χ1v) is 17.2. The van der Waals surface area contributed by atoms with Crippen molar-refractivity contribution in [3.8, 4) is 0 Å². The second-order valence-electron chi connectivity index (χ2n) is 12.5. The van der Waals surface area contributed by atoms with Crippen LogP contribution in [0.1, 0.15) is 37.3 Å². The van der Waals surface area contributed by atoms with E-state index in [-0.39, 0.29) is 81.6 Å². The number of ether oxygens (including phenoxy) is 2. The molecule has 5 rings (SSSR count). The van der Waals surface area contributed by atoms with Gasteiger partial charge in [-0.05, 0) is 55.0 Å². The third kappa shape index (κ3) is 6.85. The molecule has 0 saturated carbocycles. The van der Waals surface area contributed by atoms with Crippen molar-refractivity contribution in [3.05, 3.63) is 65.5 Å². The fraction of sp³-hybridized carbons (Fsp3) is 0.562. The van der Waals surface area contributed by atoms with Crippen LogP contribution in [-0.4, -0.2) is 106 Å². The molecule has 0 aromatic heterocycles. The van der Waals surface area contributed by atoms with E-state index in [1.54, 1.807) is 4.90 Å². The number of halogens is 7. The summed E-state index contributed by atoms with van der Waals surface area (Å²) in [5.74, 6) is -1.51. The van der Waals surface area contributed by atoms with Crippen LogP contribution in [-0.2, 0) is 34.5 Å². The second-order valence-corrected chi connectivity index (χ2v) is 14.8.